The third-order valence-corrected chi connectivity index (χ3v) is 3.45. The Labute approximate surface area is 130 Å². The van der Waals surface area contributed by atoms with Gasteiger partial charge in [-0.25, -0.2) is 5.43 Å². The number of rotatable bonds is 5. The number of hydrogen-bond donors (Lipinski definition) is 1. The summed E-state index contributed by atoms with van der Waals surface area (Å²) < 4.78 is 5.54. The van der Waals surface area contributed by atoms with Crippen LogP contribution in [0.1, 0.15) is 23.6 Å². The van der Waals surface area contributed by atoms with Gasteiger partial charge in [0, 0.05) is 0 Å². The van der Waals surface area contributed by atoms with Crippen molar-refractivity contribution in [2.45, 2.75) is 20.8 Å². The number of ether oxygens (including phenoxy) is 1. The van der Waals surface area contributed by atoms with E-state index in [4.69, 9.17) is 4.74 Å². The molecule has 2 aromatic carbocycles. The van der Waals surface area contributed by atoms with Gasteiger partial charge in [-0.05, 0) is 43.5 Å². The molecule has 2 rings (SSSR count). The van der Waals surface area contributed by atoms with Crippen LogP contribution < -0.4 is 10.2 Å². The minimum absolute atomic E-state index is 0.0597. The Morgan fingerprint density at radius 2 is 1.82 bits per heavy atom. The second kappa shape index (κ2) is 7.41. The number of amides is 1. The van der Waals surface area contributed by atoms with Crippen molar-refractivity contribution in [3.63, 3.8) is 0 Å². The van der Waals surface area contributed by atoms with Crippen molar-refractivity contribution in [2.75, 3.05) is 6.61 Å². The molecule has 0 fully saturated rings. The number of aryl methyl sites for hydroxylation is 1. The van der Waals surface area contributed by atoms with E-state index in [2.05, 4.69) is 10.5 Å². The quantitative estimate of drug-likeness (QED) is 0.680. The first-order valence-electron chi connectivity index (χ1n) is 7.15. The van der Waals surface area contributed by atoms with Gasteiger partial charge in [0.25, 0.3) is 5.91 Å². The topological polar surface area (TPSA) is 50.7 Å². The van der Waals surface area contributed by atoms with Crippen LogP contribution in [0.5, 0.6) is 5.75 Å². The second-order valence-corrected chi connectivity index (χ2v) is 5.08. The van der Waals surface area contributed by atoms with Gasteiger partial charge in [-0.15, -0.1) is 0 Å². The van der Waals surface area contributed by atoms with E-state index in [9.17, 15) is 4.79 Å². The molecule has 4 heteroatoms. The number of hydrazone groups is 1. The molecule has 0 aliphatic carbocycles. The summed E-state index contributed by atoms with van der Waals surface area (Å²) in [6.07, 6.45) is 0. The Balaban J connectivity index is 1.90. The molecule has 2 aromatic rings. The van der Waals surface area contributed by atoms with E-state index < -0.39 is 0 Å². The van der Waals surface area contributed by atoms with E-state index in [1.54, 1.807) is 0 Å². The van der Waals surface area contributed by atoms with E-state index >= 15 is 0 Å². The van der Waals surface area contributed by atoms with Crippen molar-refractivity contribution < 1.29 is 9.53 Å². The number of nitrogens with zero attached hydrogens (tertiary/aromatic N) is 1. The normalized spacial score (nSPS) is 11.1. The van der Waals surface area contributed by atoms with E-state index in [1.807, 2.05) is 69.3 Å². The van der Waals surface area contributed by atoms with Gasteiger partial charge in [0.15, 0.2) is 6.61 Å². The van der Waals surface area contributed by atoms with E-state index in [-0.39, 0.29) is 12.5 Å². The number of carbonyl (C=O) groups excluding carboxylic acids is 1. The zero-order chi connectivity index (χ0) is 15.9. The van der Waals surface area contributed by atoms with Crippen LogP contribution in [0.4, 0.5) is 0 Å². The van der Waals surface area contributed by atoms with Gasteiger partial charge in [0.1, 0.15) is 5.75 Å². The Bertz CT molecular complexity index is 679. The Morgan fingerprint density at radius 3 is 2.55 bits per heavy atom. The number of benzene rings is 2. The highest BCUT2D eigenvalue weighted by Crippen LogP contribution is 2.20. The highest BCUT2D eigenvalue weighted by molar-refractivity contribution is 5.99. The molecule has 4 nitrogen and oxygen atoms in total. The minimum Gasteiger partial charge on any atom is -0.483 e. The average molecular weight is 296 g/mol. The minimum atomic E-state index is -0.281. The molecule has 1 amide bonds. The van der Waals surface area contributed by atoms with Gasteiger partial charge in [-0.2, -0.15) is 5.10 Å². The lowest BCUT2D eigenvalue weighted by Crippen LogP contribution is -2.25. The third kappa shape index (κ3) is 4.19. The van der Waals surface area contributed by atoms with E-state index in [0.717, 1.165) is 28.2 Å². The first kappa shape index (κ1) is 15.8. The molecule has 114 valence electrons. The van der Waals surface area contributed by atoms with Crippen LogP contribution in [0.3, 0.4) is 0 Å². The second-order valence-electron chi connectivity index (χ2n) is 5.08. The summed E-state index contributed by atoms with van der Waals surface area (Å²) in [5.41, 5.74) is 6.41. The molecule has 0 bridgehead atoms. The van der Waals surface area contributed by atoms with Crippen LogP contribution in [0, 0.1) is 13.8 Å². The molecule has 1 N–H and O–H groups in total. The van der Waals surface area contributed by atoms with E-state index in [0.29, 0.717) is 0 Å². The highest BCUT2D eigenvalue weighted by Gasteiger charge is 2.05. The van der Waals surface area contributed by atoms with Crippen LogP contribution in [0.2, 0.25) is 0 Å². The van der Waals surface area contributed by atoms with Crippen LogP contribution in [0.15, 0.2) is 53.6 Å². The zero-order valence-electron chi connectivity index (χ0n) is 13.1. The van der Waals surface area contributed by atoms with Crippen LogP contribution in [0.25, 0.3) is 0 Å². The predicted molar refractivity (Wildman–Crippen MR) is 88.2 cm³/mol. The van der Waals surface area contributed by atoms with Crippen molar-refractivity contribution in [3.8, 4) is 5.75 Å². The molecule has 0 aliphatic rings. The van der Waals surface area contributed by atoms with Crippen LogP contribution >= 0.6 is 0 Å². The molecule has 0 atom stereocenters. The lowest BCUT2D eigenvalue weighted by Gasteiger charge is -2.10. The Morgan fingerprint density at radius 1 is 1.09 bits per heavy atom. The molecule has 0 aliphatic heterocycles. The molecule has 0 saturated carbocycles. The lowest BCUT2D eigenvalue weighted by molar-refractivity contribution is -0.123. The van der Waals surface area contributed by atoms with Crippen molar-refractivity contribution in [1.29, 1.82) is 0 Å². The van der Waals surface area contributed by atoms with Gasteiger partial charge in [-0.1, -0.05) is 42.5 Å². The summed E-state index contributed by atoms with van der Waals surface area (Å²) in [6.45, 7) is 5.77. The van der Waals surface area contributed by atoms with Gasteiger partial charge in [0.2, 0.25) is 0 Å². The van der Waals surface area contributed by atoms with Crippen molar-refractivity contribution in [1.82, 2.24) is 5.43 Å². The molecule has 0 spiro atoms. The molecule has 0 unspecified atom stereocenters. The van der Waals surface area contributed by atoms with Gasteiger partial charge in [-0.3, -0.25) is 4.79 Å². The maximum absolute atomic E-state index is 11.8. The molecule has 0 heterocycles. The molecular formula is C18H20N2O2. The molecule has 22 heavy (non-hydrogen) atoms. The van der Waals surface area contributed by atoms with Crippen molar-refractivity contribution in [2.24, 2.45) is 5.10 Å². The summed E-state index contributed by atoms with van der Waals surface area (Å²) in [5.74, 6) is 0.440. The highest BCUT2D eigenvalue weighted by atomic mass is 16.5. The molecule has 0 aromatic heterocycles. The standard InChI is InChI=1S/C18H20N2O2/c1-13-8-7-11-17(14(13)2)22-12-18(21)20-19-15(3)16-9-5-4-6-10-16/h4-11H,12H2,1-3H3,(H,20,21)/b19-15-. The first-order valence-corrected chi connectivity index (χ1v) is 7.15. The fourth-order valence-corrected chi connectivity index (χ4v) is 1.95. The van der Waals surface area contributed by atoms with Crippen LogP contribution in [-0.2, 0) is 4.79 Å². The fraction of sp³-hybridized carbons (Fsp3) is 0.222. The predicted octanol–water partition coefficient (Wildman–Crippen LogP) is 3.22. The smallest absolute Gasteiger partial charge is 0.277 e. The van der Waals surface area contributed by atoms with Crippen molar-refractivity contribution >= 4 is 11.6 Å². The summed E-state index contributed by atoms with van der Waals surface area (Å²) >= 11 is 0. The number of hydrogen-bond acceptors (Lipinski definition) is 3. The summed E-state index contributed by atoms with van der Waals surface area (Å²) in [4.78, 5) is 11.8. The van der Waals surface area contributed by atoms with Gasteiger partial charge < -0.3 is 4.74 Å². The van der Waals surface area contributed by atoms with Crippen molar-refractivity contribution in [3.05, 3.63) is 65.2 Å². The first-order chi connectivity index (χ1) is 10.6. The molecule has 0 saturated heterocycles. The van der Waals surface area contributed by atoms with Gasteiger partial charge in [0.05, 0.1) is 5.71 Å². The summed E-state index contributed by atoms with van der Waals surface area (Å²) in [5, 5.41) is 4.08. The fourth-order valence-electron chi connectivity index (χ4n) is 1.95. The van der Waals surface area contributed by atoms with E-state index in [1.165, 1.54) is 0 Å². The van der Waals surface area contributed by atoms with Gasteiger partial charge >= 0.3 is 0 Å². The monoisotopic (exact) mass is 296 g/mol. The Kier molecular flexibility index (Phi) is 5.31. The largest absolute Gasteiger partial charge is 0.483 e. The maximum atomic E-state index is 11.8. The number of nitrogens with one attached hydrogen (secondary N) is 1. The molecular weight excluding hydrogens is 276 g/mol. The molecule has 0 radical (unpaired) electrons. The summed E-state index contributed by atoms with van der Waals surface area (Å²) in [6, 6.07) is 15.5. The van der Waals surface area contributed by atoms with Crippen LogP contribution in [-0.4, -0.2) is 18.2 Å². The lowest BCUT2D eigenvalue weighted by atomic mass is 10.1. The average Bonchev–Trinajstić information content (AvgIpc) is 2.54. The third-order valence-electron chi connectivity index (χ3n) is 3.45. The zero-order valence-corrected chi connectivity index (χ0v) is 13.1. The SMILES string of the molecule is C/C(=N/NC(=O)COc1cccc(C)c1C)c1ccccc1. The number of carbonyl (C=O) groups is 1. The Hall–Kier alpha value is -2.62. The summed E-state index contributed by atoms with van der Waals surface area (Å²) in [7, 11) is 0. The maximum Gasteiger partial charge on any atom is 0.277 e.